The molecule has 3 nitrogen and oxygen atoms in total. The molecule has 1 heterocycles. The Bertz CT molecular complexity index is 587. The van der Waals surface area contributed by atoms with Gasteiger partial charge in [-0.2, -0.15) is 0 Å². The summed E-state index contributed by atoms with van der Waals surface area (Å²) in [6.45, 7) is 0. The van der Waals surface area contributed by atoms with Crippen molar-refractivity contribution in [1.82, 2.24) is 5.32 Å². The molecular formula is C13H9NO2S. The summed E-state index contributed by atoms with van der Waals surface area (Å²) in [4.78, 5) is 23.4. The van der Waals surface area contributed by atoms with E-state index in [2.05, 4.69) is 5.32 Å². The Hall–Kier alpha value is -1.81. The van der Waals surface area contributed by atoms with Gasteiger partial charge in [0.2, 0.25) is 0 Å². The van der Waals surface area contributed by atoms with Crippen LogP contribution in [-0.2, 0) is 4.79 Å². The van der Waals surface area contributed by atoms with Crippen LogP contribution in [0, 0.1) is 0 Å². The monoisotopic (exact) mass is 243 g/mol. The molecule has 1 aliphatic carbocycles. The molecule has 0 radical (unpaired) electrons. The van der Waals surface area contributed by atoms with Crippen molar-refractivity contribution < 1.29 is 9.59 Å². The first-order valence-corrected chi connectivity index (χ1v) is 6.09. The number of benzene rings is 1. The van der Waals surface area contributed by atoms with E-state index < -0.39 is 0 Å². The quantitative estimate of drug-likeness (QED) is 0.713. The lowest BCUT2D eigenvalue weighted by Crippen LogP contribution is -2.18. The minimum atomic E-state index is -0.287. The second-order valence-corrected chi connectivity index (χ2v) is 4.83. The molecule has 84 valence electrons. The van der Waals surface area contributed by atoms with Gasteiger partial charge in [-0.25, -0.2) is 0 Å². The highest BCUT2D eigenvalue weighted by atomic mass is 32.2. The van der Waals surface area contributed by atoms with Crippen molar-refractivity contribution in [2.75, 3.05) is 0 Å². The Balaban J connectivity index is 2.17. The minimum Gasteiger partial charge on any atom is -0.282 e. The summed E-state index contributed by atoms with van der Waals surface area (Å²) < 4.78 is 0. The van der Waals surface area contributed by atoms with Gasteiger partial charge >= 0.3 is 0 Å². The highest BCUT2D eigenvalue weighted by molar-refractivity contribution is 8.18. The molecule has 0 spiro atoms. The van der Waals surface area contributed by atoms with Crippen molar-refractivity contribution in [3.63, 3.8) is 0 Å². The van der Waals surface area contributed by atoms with Crippen LogP contribution in [0.15, 0.2) is 35.2 Å². The number of rotatable bonds is 0. The van der Waals surface area contributed by atoms with Gasteiger partial charge in [-0.1, -0.05) is 36.4 Å². The van der Waals surface area contributed by atoms with Crippen LogP contribution in [0.25, 0.3) is 11.6 Å². The van der Waals surface area contributed by atoms with Gasteiger partial charge in [-0.05, 0) is 34.9 Å². The van der Waals surface area contributed by atoms with E-state index in [1.54, 1.807) is 0 Å². The summed E-state index contributed by atoms with van der Waals surface area (Å²) in [7, 11) is 0. The van der Waals surface area contributed by atoms with Crippen LogP contribution in [-0.4, -0.2) is 11.1 Å². The molecule has 2 amide bonds. The first-order valence-electron chi connectivity index (χ1n) is 5.28. The second kappa shape index (κ2) is 3.89. The number of hydrogen-bond donors (Lipinski definition) is 1. The van der Waals surface area contributed by atoms with E-state index in [-0.39, 0.29) is 11.1 Å². The van der Waals surface area contributed by atoms with Gasteiger partial charge < -0.3 is 0 Å². The van der Waals surface area contributed by atoms with Crippen molar-refractivity contribution in [1.29, 1.82) is 0 Å². The first kappa shape index (κ1) is 10.4. The summed E-state index contributed by atoms with van der Waals surface area (Å²) in [6, 6.07) is 7.89. The van der Waals surface area contributed by atoms with Crippen LogP contribution >= 0.6 is 11.8 Å². The lowest BCUT2D eigenvalue weighted by molar-refractivity contribution is -0.115. The van der Waals surface area contributed by atoms with E-state index in [1.165, 1.54) is 0 Å². The van der Waals surface area contributed by atoms with Crippen LogP contribution in [0.5, 0.6) is 0 Å². The molecule has 2 aliphatic rings. The molecule has 0 aromatic heterocycles. The molecule has 1 aromatic rings. The number of carbonyl (C=O) groups is 2. The average Bonchev–Trinajstić information content (AvgIpc) is 2.68. The number of hydrogen-bond acceptors (Lipinski definition) is 3. The molecule has 4 heteroatoms. The molecule has 1 saturated heterocycles. The highest BCUT2D eigenvalue weighted by Crippen LogP contribution is 2.37. The maximum atomic E-state index is 11.7. The molecule has 0 atom stereocenters. The SMILES string of the molecule is O=C1NC(=O)C(=C2CC=Cc3ccccc32)S1. The van der Waals surface area contributed by atoms with Crippen molar-refractivity contribution in [3.05, 3.63) is 46.4 Å². The molecule has 17 heavy (non-hydrogen) atoms. The summed E-state index contributed by atoms with van der Waals surface area (Å²) in [5, 5.41) is 2.01. The summed E-state index contributed by atoms with van der Waals surface area (Å²) >= 11 is 0.990. The number of imide groups is 1. The van der Waals surface area contributed by atoms with Crippen LogP contribution in [0.1, 0.15) is 17.5 Å². The largest absolute Gasteiger partial charge is 0.290 e. The standard InChI is InChI=1S/C13H9NO2S/c15-12-11(17-13(16)14-12)10-7-3-5-8-4-1-2-6-9(8)10/h1-6H,7H2,(H,14,15,16). The maximum Gasteiger partial charge on any atom is 0.290 e. The molecule has 0 bridgehead atoms. The molecule has 1 aliphatic heterocycles. The van der Waals surface area contributed by atoms with Gasteiger partial charge in [-0.3, -0.25) is 14.9 Å². The number of nitrogens with one attached hydrogen (secondary N) is 1. The van der Waals surface area contributed by atoms with Crippen molar-refractivity contribution in [2.24, 2.45) is 0 Å². The van der Waals surface area contributed by atoms with E-state index in [9.17, 15) is 9.59 Å². The van der Waals surface area contributed by atoms with Crippen LogP contribution in [0.2, 0.25) is 0 Å². The van der Waals surface area contributed by atoms with Gasteiger partial charge in [0.25, 0.3) is 11.1 Å². The zero-order valence-corrected chi connectivity index (χ0v) is 9.71. The third kappa shape index (κ3) is 1.70. The third-order valence-corrected chi connectivity index (χ3v) is 3.72. The molecule has 0 unspecified atom stereocenters. The van der Waals surface area contributed by atoms with Gasteiger partial charge in [0, 0.05) is 0 Å². The smallest absolute Gasteiger partial charge is 0.282 e. The Morgan fingerprint density at radius 1 is 1.18 bits per heavy atom. The highest BCUT2D eigenvalue weighted by Gasteiger charge is 2.29. The molecule has 0 saturated carbocycles. The van der Waals surface area contributed by atoms with E-state index in [0.29, 0.717) is 11.3 Å². The number of carbonyl (C=O) groups excluding carboxylic acids is 2. The summed E-state index contributed by atoms with van der Waals surface area (Å²) in [6.07, 6.45) is 4.75. The van der Waals surface area contributed by atoms with Gasteiger partial charge in [0.1, 0.15) is 0 Å². The molecule has 3 rings (SSSR count). The maximum absolute atomic E-state index is 11.7. The minimum absolute atomic E-state index is 0.278. The predicted octanol–water partition coefficient (Wildman–Crippen LogP) is 2.80. The molecule has 1 N–H and O–H groups in total. The number of allylic oxidation sites excluding steroid dienone is 2. The Morgan fingerprint density at radius 3 is 2.76 bits per heavy atom. The van der Waals surface area contributed by atoms with E-state index in [1.807, 2.05) is 36.4 Å². The number of fused-ring (bicyclic) bond motifs is 1. The van der Waals surface area contributed by atoms with Crippen molar-refractivity contribution in [2.45, 2.75) is 6.42 Å². The summed E-state index contributed by atoms with van der Waals surface area (Å²) in [5.74, 6) is -0.278. The normalized spacial score (nSPS) is 22.6. The predicted molar refractivity (Wildman–Crippen MR) is 68.1 cm³/mol. The fourth-order valence-corrected chi connectivity index (χ4v) is 2.85. The van der Waals surface area contributed by atoms with E-state index in [4.69, 9.17) is 0 Å². The zero-order chi connectivity index (χ0) is 11.8. The van der Waals surface area contributed by atoms with Crippen LogP contribution < -0.4 is 5.32 Å². The average molecular weight is 243 g/mol. The molecular weight excluding hydrogens is 234 g/mol. The molecule has 1 aromatic carbocycles. The molecule has 1 fully saturated rings. The Labute approximate surface area is 103 Å². The second-order valence-electron chi connectivity index (χ2n) is 3.85. The van der Waals surface area contributed by atoms with E-state index >= 15 is 0 Å². The topological polar surface area (TPSA) is 46.2 Å². The third-order valence-electron chi connectivity index (χ3n) is 2.80. The fourth-order valence-electron chi connectivity index (χ4n) is 2.06. The summed E-state index contributed by atoms with van der Waals surface area (Å²) in [5.41, 5.74) is 3.08. The Morgan fingerprint density at radius 2 is 2.00 bits per heavy atom. The van der Waals surface area contributed by atoms with Gasteiger partial charge in [0.05, 0.1) is 4.91 Å². The van der Waals surface area contributed by atoms with Gasteiger partial charge in [-0.15, -0.1) is 0 Å². The van der Waals surface area contributed by atoms with E-state index in [0.717, 1.165) is 28.5 Å². The zero-order valence-electron chi connectivity index (χ0n) is 8.90. The van der Waals surface area contributed by atoms with Gasteiger partial charge in [0.15, 0.2) is 0 Å². The van der Waals surface area contributed by atoms with Crippen LogP contribution in [0.4, 0.5) is 4.79 Å². The Kier molecular flexibility index (Phi) is 2.37. The van der Waals surface area contributed by atoms with Crippen molar-refractivity contribution >= 4 is 34.6 Å². The first-order chi connectivity index (χ1) is 8.25. The fraction of sp³-hybridized carbons (Fsp3) is 0.0769. The van der Waals surface area contributed by atoms with Crippen molar-refractivity contribution in [3.8, 4) is 0 Å². The lowest BCUT2D eigenvalue weighted by atomic mass is 9.92. The lowest BCUT2D eigenvalue weighted by Gasteiger charge is -2.15. The van der Waals surface area contributed by atoms with Crippen LogP contribution in [0.3, 0.4) is 0 Å². The number of amides is 2. The number of thioether (sulfide) groups is 1.